The van der Waals surface area contributed by atoms with Gasteiger partial charge in [0.1, 0.15) is 0 Å². The third kappa shape index (κ3) is 4.30. The molecule has 0 aliphatic heterocycles. The number of rotatable bonds is 7. The zero-order chi connectivity index (χ0) is 16.2. The molecule has 0 bridgehead atoms. The van der Waals surface area contributed by atoms with E-state index >= 15 is 0 Å². The van der Waals surface area contributed by atoms with Crippen molar-refractivity contribution in [3.8, 4) is 5.75 Å². The number of aromatic hydroxyl groups is 1. The van der Waals surface area contributed by atoms with Crippen molar-refractivity contribution in [3.05, 3.63) is 27.7 Å². The van der Waals surface area contributed by atoms with E-state index in [2.05, 4.69) is 0 Å². The first-order valence-electron chi connectivity index (χ1n) is 6.75. The standard InChI is InChI=1S/C14H22N2O5/c1-9(2)16-10(8-17)6-12(18)14(21)11(16)7-15(3)5-4-13(19)20/h6,9,17,21H,4-5,7-8H2,1-3H3,(H,19,20). The third-order valence-corrected chi connectivity index (χ3v) is 3.21. The van der Waals surface area contributed by atoms with Crippen LogP contribution in [0.4, 0.5) is 0 Å². The highest BCUT2D eigenvalue weighted by Gasteiger charge is 2.18. The lowest BCUT2D eigenvalue weighted by molar-refractivity contribution is -0.137. The van der Waals surface area contributed by atoms with Crippen molar-refractivity contribution in [2.45, 2.75) is 39.5 Å². The van der Waals surface area contributed by atoms with Gasteiger partial charge in [-0.25, -0.2) is 0 Å². The maximum atomic E-state index is 11.8. The number of aliphatic hydroxyl groups is 1. The fourth-order valence-electron chi connectivity index (χ4n) is 2.26. The first-order valence-corrected chi connectivity index (χ1v) is 6.75. The smallest absolute Gasteiger partial charge is 0.304 e. The molecule has 7 heteroatoms. The van der Waals surface area contributed by atoms with Gasteiger partial charge in [-0.1, -0.05) is 0 Å². The maximum Gasteiger partial charge on any atom is 0.304 e. The van der Waals surface area contributed by atoms with E-state index in [4.69, 9.17) is 5.11 Å². The first kappa shape index (κ1) is 17.2. The Morgan fingerprint density at radius 2 is 2.05 bits per heavy atom. The van der Waals surface area contributed by atoms with Crippen molar-refractivity contribution in [2.24, 2.45) is 0 Å². The van der Waals surface area contributed by atoms with Crippen LogP contribution in [0.1, 0.15) is 37.7 Å². The SMILES string of the molecule is CC(C)n1c(CO)cc(=O)c(O)c1CN(C)CCC(=O)O. The second-order valence-corrected chi connectivity index (χ2v) is 5.30. The minimum atomic E-state index is -0.906. The molecule has 21 heavy (non-hydrogen) atoms. The van der Waals surface area contributed by atoms with Crippen LogP contribution in [-0.2, 0) is 17.9 Å². The van der Waals surface area contributed by atoms with Gasteiger partial charge < -0.3 is 19.9 Å². The predicted octanol–water partition coefficient (Wildman–Crippen LogP) is 0.534. The molecule has 1 aromatic rings. The lowest BCUT2D eigenvalue weighted by atomic mass is 10.2. The summed E-state index contributed by atoms with van der Waals surface area (Å²) in [5.74, 6) is -1.26. The number of nitrogens with zero attached hydrogens (tertiary/aromatic N) is 2. The molecule has 0 aromatic carbocycles. The van der Waals surface area contributed by atoms with Crippen molar-refractivity contribution in [1.29, 1.82) is 0 Å². The number of pyridine rings is 1. The van der Waals surface area contributed by atoms with Crippen LogP contribution in [0.3, 0.4) is 0 Å². The Kier molecular flexibility index (Phi) is 5.92. The quantitative estimate of drug-likeness (QED) is 0.678. The second kappa shape index (κ2) is 7.24. The van der Waals surface area contributed by atoms with Crippen LogP contribution in [0.5, 0.6) is 5.75 Å². The summed E-state index contributed by atoms with van der Waals surface area (Å²) in [5.41, 5.74) is 0.265. The molecular weight excluding hydrogens is 276 g/mol. The zero-order valence-electron chi connectivity index (χ0n) is 12.5. The second-order valence-electron chi connectivity index (χ2n) is 5.30. The van der Waals surface area contributed by atoms with E-state index < -0.39 is 11.4 Å². The fraction of sp³-hybridized carbons (Fsp3) is 0.571. The van der Waals surface area contributed by atoms with Crippen LogP contribution in [0.25, 0.3) is 0 Å². The number of aliphatic carboxylic acids is 1. The van der Waals surface area contributed by atoms with E-state index in [1.165, 1.54) is 6.07 Å². The fourth-order valence-corrected chi connectivity index (χ4v) is 2.26. The molecule has 0 aliphatic rings. The van der Waals surface area contributed by atoms with Crippen LogP contribution in [0.15, 0.2) is 10.9 Å². The first-order chi connectivity index (χ1) is 9.77. The minimum Gasteiger partial charge on any atom is -0.503 e. The van der Waals surface area contributed by atoms with Crippen LogP contribution < -0.4 is 5.43 Å². The number of carboxylic acids is 1. The molecule has 7 nitrogen and oxygen atoms in total. The van der Waals surface area contributed by atoms with Crippen LogP contribution >= 0.6 is 0 Å². The number of aliphatic hydroxyl groups excluding tert-OH is 1. The molecule has 0 saturated heterocycles. The van der Waals surface area contributed by atoms with E-state index in [9.17, 15) is 19.8 Å². The summed E-state index contributed by atoms with van der Waals surface area (Å²) in [6.07, 6.45) is -0.0249. The molecule has 0 fully saturated rings. The van der Waals surface area contributed by atoms with Gasteiger partial charge in [-0.2, -0.15) is 0 Å². The lowest BCUT2D eigenvalue weighted by Gasteiger charge is -2.25. The molecule has 1 aromatic heterocycles. The molecule has 0 aliphatic carbocycles. The van der Waals surface area contributed by atoms with E-state index in [1.807, 2.05) is 13.8 Å². The van der Waals surface area contributed by atoms with Crippen LogP contribution in [-0.4, -0.2) is 44.3 Å². The van der Waals surface area contributed by atoms with E-state index in [-0.39, 0.29) is 31.4 Å². The topological polar surface area (TPSA) is 103 Å². The highest BCUT2D eigenvalue weighted by Crippen LogP contribution is 2.21. The summed E-state index contributed by atoms with van der Waals surface area (Å²) in [6, 6.07) is 1.16. The Hall–Kier alpha value is -1.86. The zero-order valence-corrected chi connectivity index (χ0v) is 12.5. The molecule has 0 atom stereocenters. The van der Waals surface area contributed by atoms with E-state index in [0.717, 1.165) is 0 Å². The molecule has 0 saturated carbocycles. The normalized spacial score (nSPS) is 11.3. The van der Waals surface area contributed by atoms with E-state index in [1.54, 1.807) is 16.5 Å². The number of hydrogen-bond donors (Lipinski definition) is 3. The van der Waals surface area contributed by atoms with Crippen molar-refractivity contribution >= 4 is 5.97 Å². The molecule has 3 N–H and O–H groups in total. The van der Waals surface area contributed by atoms with Gasteiger partial charge >= 0.3 is 5.97 Å². The molecule has 0 radical (unpaired) electrons. The number of carboxylic acid groups (broad SMARTS) is 1. The largest absolute Gasteiger partial charge is 0.503 e. The van der Waals surface area contributed by atoms with Gasteiger partial charge in [0.05, 0.1) is 18.7 Å². The summed E-state index contributed by atoms with van der Waals surface area (Å²) < 4.78 is 1.70. The van der Waals surface area contributed by atoms with Gasteiger partial charge in [-0.3, -0.25) is 14.5 Å². The van der Waals surface area contributed by atoms with Gasteiger partial charge in [-0.15, -0.1) is 0 Å². The lowest BCUT2D eigenvalue weighted by Crippen LogP contribution is -2.27. The average molecular weight is 298 g/mol. The third-order valence-electron chi connectivity index (χ3n) is 3.21. The Morgan fingerprint density at radius 1 is 1.43 bits per heavy atom. The molecule has 0 amide bonds. The number of aromatic nitrogens is 1. The Morgan fingerprint density at radius 3 is 2.52 bits per heavy atom. The summed E-state index contributed by atoms with van der Waals surface area (Å²) in [7, 11) is 1.71. The molecule has 1 heterocycles. The minimum absolute atomic E-state index is 0.0249. The van der Waals surface area contributed by atoms with Crippen molar-refractivity contribution in [1.82, 2.24) is 9.47 Å². The summed E-state index contributed by atoms with van der Waals surface area (Å²) >= 11 is 0. The maximum absolute atomic E-state index is 11.8. The van der Waals surface area contributed by atoms with Crippen molar-refractivity contribution in [3.63, 3.8) is 0 Å². The monoisotopic (exact) mass is 298 g/mol. The molecule has 0 unspecified atom stereocenters. The van der Waals surface area contributed by atoms with Gasteiger partial charge in [0.25, 0.3) is 0 Å². The highest BCUT2D eigenvalue weighted by molar-refractivity contribution is 5.66. The van der Waals surface area contributed by atoms with Crippen molar-refractivity contribution in [2.75, 3.05) is 13.6 Å². The molecule has 0 spiro atoms. The summed E-state index contributed by atoms with van der Waals surface area (Å²) in [6.45, 7) is 3.97. The molecule has 1 rings (SSSR count). The van der Waals surface area contributed by atoms with Crippen LogP contribution in [0, 0.1) is 0 Å². The summed E-state index contributed by atoms with van der Waals surface area (Å²) in [4.78, 5) is 24.1. The van der Waals surface area contributed by atoms with Gasteiger partial charge in [0, 0.05) is 30.9 Å². The molecule has 118 valence electrons. The van der Waals surface area contributed by atoms with Gasteiger partial charge in [0.2, 0.25) is 5.43 Å². The number of carbonyl (C=O) groups is 1. The van der Waals surface area contributed by atoms with E-state index in [0.29, 0.717) is 17.9 Å². The Bertz CT molecular complexity index is 565. The Balaban J connectivity index is 3.17. The van der Waals surface area contributed by atoms with Crippen molar-refractivity contribution < 1.29 is 20.1 Å². The Labute approximate surface area is 123 Å². The van der Waals surface area contributed by atoms with Gasteiger partial charge in [0.15, 0.2) is 5.75 Å². The van der Waals surface area contributed by atoms with Crippen LogP contribution in [0.2, 0.25) is 0 Å². The number of hydrogen-bond acceptors (Lipinski definition) is 5. The molecular formula is C14H22N2O5. The highest BCUT2D eigenvalue weighted by atomic mass is 16.4. The predicted molar refractivity (Wildman–Crippen MR) is 77.3 cm³/mol. The van der Waals surface area contributed by atoms with Gasteiger partial charge in [-0.05, 0) is 20.9 Å². The summed E-state index contributed by atoms with van der Waals surface area (Å²) in [5, 5.41) is 28.1. The average Bonchev–Trinajstić information content (AvgIpc) is 2.40.